The molecule has 8 heteroatoms. The highest BCUT2D eigenvalue weighted by Gasteiger charge is 2.19. The highest BCUT2D eigenvalue weighted by atomic mass is 32.2. The van der Waals surface area contributed by atoms with Crippen LogP contribution in [0.1, 0.15) is 21.5 Å². The molecule has 0 radical (unpaired) electrons. The van der Waals surface area contributed by atoms with Crippen molar-refractivity contribution in [3.05, 3.63) is 77.4 Å². The van der Waals surface area contributed by atoms with Crippen molar-refractivity contribution in [3.63, 3.8) is 0 Å². The van der Waals surface area contributed by atoms with E-state index in [2.05, 4.69) is 10.0 Å². The molecule has 3 aromatic carbocycles. The fourth-order valence-electron chi connectivity index (χ4n) is 3.23. The van der Waals surface area contributed by atoms with E-state index in [1.54, 1.807) is 24.3 Å². The van der Waals surface area contributed by atoms with E-state index in [-0.39, 0.29) is 23.2 Å². The maximum absolute atomic E-state index is 12.8. The summed E-state index contributed by atoms with van der Waals surface area (Å²) in [5.74, 6) is 0.639. The van der Waals surface area contributed by atoms with Crippen molar-refractivity contribution >= 4 is 27.3 Å². The third-order valence-corrected chi connectivity index (χ3v) is 5.89. The average Bonchev–Trinajstić information content (AvgIpc) is 3.15. The van der Waals surface area contributed by atoms with E-state index >= 15 is 0 Å². The van der Waals surface area contributed by atoms with E-state index in [0.29, 0.717) is 22.9 Å². The number of benzene rings is 3. The number of aryl methyl sites for hydroxylation is 2. The zero-order valence-corrected chi connectivity index (χ0v) is 17.2. The second kappa shape index (κ2) is 7.72. The van der Waals surface area contributed by atoms with Crippen molar-refractivity contribution in [2.75, 3.05) is 16.8 Å². The van der Waals surface area contributed by atoms with E-state index in [4.69, 9.17) is 9.47 Å². The van der Waals surface area contributed by atoms with Gasteiger partial charge < -0.3 is 14.8 Å². The van der Waals surface area contributed by atoms with Crippen LogP contribution in [0.15, 0.2) is 65.6 Å². The van der Waals surface area contributed by atoms with E-state index in [9.17, 15) is 13.2 Å². The second-order valence-corrected chi connectivity index (χ2v) is 8.71. The fourth-order valence-corrected chi connectivity index (χ4v) is 4.32. The van der Waals surface area contributed by atoms with Gasteiger partial charge in [-0.2, -0.15) is 0 Å². The van der Waals surface area contributed by atoms with Crippen molar-refractivity contribution in [2.24, 2.45) is 0 Å². The molecule has 0 unspecified atom stereocenters. The molecular weight excluding hydrogens is 404 g/mol. The van der Waals surface area contributed by atoms with Crippen LogP contribution in [0.4, 0.5) is 11.4 Å². The van der Waals surface area contributed by atoms with Gasteiger partial charge in [-0.1, -0.05) is 12.1 Å². The minimum absolute atomic E-state index is 0.0201. The van der Waals surface area contributed by atoms with Crippen LogP contribution in [0.2, 0.25) is 0 Å². The summed E-state index contributed by atoms with van der Waals surface area (Å²) in [7, 11) is -3.90. The van der Waals surface area contributed by atoms with Crippen molar-refractivity contribution in [1.29, 1.82) is 0 Å². The number of nitrogens with one attached hydrogen (secondary N) is 2. The maximum Gasteiger partial charge on any atom is 0.261 e. The molecule has 0 atom stereocenters. The molecular formula is C22H20N2O5S. The Hall–Kier alpha value is -3.52. The molecule has 3 aromatic rings. The first-order chi connectivity index (χ1) is 14.3. The second-order valence-electron chi connectivity index (χ2n) is 7.03. The van der Waals surface area contributed by atoms with Crippen LogP contribution in [0.3, 0.4) is 0 Å². The molecule has 0 saturated heterocycles. The highest BCUT2D eigenvalue weighted by Crippen LogP contribution is 2.34. The first kappa shape index (κ1) is 19.8. The number of ether oxygens (including phenoxy) is 2. The molecule has 0 saturated carbocycles. The fraction of sp³-hybridized carbons (Fsp3) is 0.136. The van der Waals surface area contributed by atoms with Crippen molar-refractivity contribution in [2.45, 2.75) is 18.7 Å². The van der Waals surface area contributed by atoms with Gasteiger partial charge in [-0.15, -0.1) is 0 Å². The number of hydrogen-bond donors (Lipinski definition) is 2. The van der Waals surface area contributed by atoms with E-state index in [1.165, 1.54) is 18.2 Å². The van der Waals surface area contributed by atoms with Crippen LogP contribution in [-0.2, 0) is 10.0 Å². The molecule has 1 heterocycles. The Labute approximate surface area is 174 Å². The number of carbonyl (C=O) groups excluding carboxylic acids is 1. The molecule has 7 nitrogen and oxygen atoms in total. The number of hydrogen-bond acceptors (Lipinski definition) is 5. The van der Waals surface area contributed by atoms with Gasteiger partial charge in [-0.05, 0) is 67.4 Å². The monoisotopic (exact) mass is 424 g/mol. The standard InChI is InChI=1S/C22H20N2O5S/c1-14-8-15(2)10-18(9-14)23-22(25)16-4-3-5-19(11-16)30(26,27)24-17-6-7-20-21(12-17)29-13-28-20/h3-12,24H,13H2,1-2H3,(H,23,25). The zero-order valence-electron chi connectivity index (χ0n) is 16.4. The van der Waals surface area contributed by atoms with Crippen molar-refractivity contribution < 1.29 is 22.7 Å². The first-order valence-electron chi connectivity index (χ1n) is 9.22. The largest absolute Gasteiger partial charge is 0.454 e. The van der Waals surface area contributed by atoms with Crippen molar-refractivity contribution in [1.82, 2.24) is 0 Å². The Kier molecular flexibility index (Phi) is 5.09. The molecule has 30 heavy (non-hydrogen) atoms. The minimum Gasteiger partial charge on any atom is -0.454 e. The molecule has 0 bridgehead atoms. The van der Waals surface area contributed by atoms with Crippen LogP contribution in [0.25, 0.3) is 0 Å². The summed E-state index contributed by atoms with van der Waals surface area (Å²) < 4.78 is 38.6. The molecule has 1 amide bonds. The minimum atomic E-state index is -3.90. The number of anilines is 2. The maximum atomic E-state index is 12.8. The predicted octanol–water partition coefficient (Wildman–Crippen LogP) is 4.09. The number of rotatable bonds is 5. The van der Waals surface area contributed by atoms with Crippen LogP contribution in [0.5, 0.6) is 11.5 Å². The first-order valence-corrected chi connectivity index (χ1v) is 10.7. The topological polar surface area (TPSA) is 93.7 Å². The van der Waals surface area contributed by atoms with E-state index in [1.807, 2.05) is 32.0 Å². The lowest BCUT2D eigenvalue weighted by atomic mass is 10.1. The van der Waals surface area contributed by atoms with Gasteiger partial charge in [0.15, 0.2) is 11.5 Å². The SMILES string of the molecule is Cc1cc(C)cc(NC(=O)c2cccc(S(=O)(=O)Nc3ccc4c(c3)OCO4)c2)c1. The molecule has 0 aliphatic carbocycles. The normalized spacial score (nSPS) is 12.5. The Morgan fingerprint density at radius 3 is 2.37 bits per heavy atom. The van der Waals surface area contributed by atoms with Crippen molar-refractivity contribution in [3.8, 4) is 11.5 Å². The third-order valence-electron chi connectivity index (χ3n) is 4.51. The van der Waals surface area contributed by atoms with E-state index < -0.39 is 10.0 Å². The van der Waals surface area contributed by atoms with E-state index in [0.717, 1.165) is 11.1 Å². The van der Waals surface area contributed by atoms with Gasteiger partial charge in [-0.25, -0.2) is 8.42 Å². The van der Waals surface area contributed by atoms with Gasteiger partial charge >= 0.3 is 0 Å². The van der Waals surface area contributed by atoms with Gasteiger partial charge in [0.25, 0.3) is 15.9 Å². The Bertz CT molecular complexity index is 1220. The predicted molar refractivity (Wildman–Crippen MR) is 114 cm³/mol. The van der Waals surface area contributed by atoms with Crippen LogP contribution < -0.4 is 19.5 Å². The quantitative estimate of drug-likeness (QED) is 0.644. The van der Waals surface area contributed by atoms with Gasteiger partial charge in [0.1, 0.15) is 0 Å². The molecule has 0 spiro atoms. The Morgan fingerprint density at radius 2 is 1.60 bits per heavy atom. The summed E-state index contributed by atoms with van der Waals surface area (Å²) in [6.07, 6.45) is 0. The zero-order chi connectivity index (χ0) is 21.3. The summed E-state index contributed by atoms with van der Waals surface area (Å²) in [5, 5.41) is 2.81. The van der Waals surface area contributed by atoms with Gasteiger partial charge in [0.2, 0.25) is 6.79 Å². The van der Waals surface area contributed by atoms with Gasteiger partial charge in [0, 0.05) is 17.3 Å². The summed E-state index contributed by atoms with van der Waals surface area (Å²) >= 11 is 0. The lowest BCUT2D eigenvalue weighted by molar-refractivity contribution is 0.102. The number of sulfonamides is 1. The smallest absolute Gasteiger partial charge is 0.261 e. The highest BCUT2D eigenvalue weighted by molar-refractivity contribution is 7.92. The summed E-state index contributed by atoms with van der Waals surface area (Å²) in [6.45, 7) is 3.98. The molecule has 2 N–H and O–H groups in total. The lowest BCUT2D eigenvalue weighted by Crippen LogP contribution is -2.16. The molecule has 1 aliphatic rings. The molecule has 1 aliphatic heterocycles. The van der Waals surface area contributed by atoms with Gasteiger partial charge in [0.05, 0.1) is 10.6 Å². The average molecular weight is 424 g/mol. The summed E-state index contributed by atoms with van der Waals surface area (Å²) in [6, 6.07) is 16.4. The molecule has 0 aromatic heterocycles. The molecule has 4 rings (SSSR count). The van der Waals surface area contributed by atoms with Crippen LogP contribution in [0, 0.1) is 13.8 Å². The van der Waals surface area contributed by atoms with Crippen LogP contribution in [-0.4, -0.2) is 21.1 Å². The third kappa shape index (κ3) is 4.23. The molecule has 0 fully saturated rings. The van der Waals surface area contributed by atoms with Crippen LogP contribution >= 0.6 is 0 Å². The lowest BCUT2D eigenvalue weighted by Gasteiger charge is -2.11. The van der Waals surface area contributed by atoms with Gasteiger partial charge in [-0.3, -0.25) is 9.52 Å². The number of carbonyl (C=O) groups is 1. The Balaban J connectivity index is 1.55. The number of fused-ring (bicyclic) bond motifs is 1. The number of amides is 1. The summed E-state index contributed by atoms with van der Waals surface area (Å²) in [5.41, 5.74) is 3.28. The summed E-state index contributed by atoms with van der Waals surface area (Å²) in [4.78, 5) is 12.6. The Morgan fingerprint density at radius 1 is 0.867 bits per heavy atom. The molecule has 154 valence electrons.